The molecule has 1 aliphatic rings. The lowest BCUT2D eigenvalue weighted by atomic mass is 9.94. The molecule has 94 valence electrons. The molecule has 2 heterocycles. The smallest absolute Gasteiger partial charge is 0.130 e. The van der Waals surface area contributed by atoms with Crippen molar-refractivity contribution in [3.05, 3.63) is 53.6 Å². The number of aromatic nitrogens is 2. The maximum atomic E-state index is 4.56. The van der Waals surface area contributed by atoms with Gasteiger partial charge in [-0.2, -0.15) is 0 Å². The number of rotatable bonds is 3. The Bertz CT molecular complexity index is 530. The predicted octanol–water partition coefficient (Wildman–Crippen LogP) is 2.53. The van der Waals surface area contributed by atoms with E-state index in [-0.39, 0.29) is 6.04 Å². The molecule has 1 atom stereocenters. The molecule has 2 aromatic rings. The van der Waals surface area contributed by atoms with Gasteiger partial charge in [-0.15, -0.1) is 0 Å². The summed E-state index contributed by atoms with van der Waals surface area (Å²) in [5, 5.41) is 3.59. The second-order valence-corrected chi connectivity index (χ2v) is 4.81. The van der Waals surface area contributed by atoms with Crippen LogP contribution in [0.5, 0.6) is 0 Å². The number of hydrogen-bond donors (Lipinski definition) is 1. The van der Waals surface area contributed by atoms with Crippen LogP contribution in [0.1, 0.15) is 36.3 Å². The van der Waals surface area contributed by atoms with E-state index in [2.05, 4.69) is 52.3 Å². The van der Waals surface area contributed by atoms with Gasteiger partial charge in [-0.05, 0) is 24.0 Å². The summed E-state index contributed by atoms with van der Waals surface area (Å²) in [4.78, 5) is 4.56. The lowest BCUT2D eigenvalue weighted by molar-refractivity contribution is 0.510. The molecule has 1 aromatic carbocycles. The van der Waals surface area contributed by atoms with Crippen molar-refractivity contribution in [1.82, 2.24) is 14.9 Å². The molecule has 1 unspecified atom stereocenters. The van der Waals surface area contributed by atoms with E-state index in [0.717, 1.165) is 31.8 Å². The summed E-state index contributed by atoms with van der Waals surface area (Å²) in [6.45, 7) is 4.27. The molecule has 0 amide bonds. The molecule has 0 spiro atoms. The van der Waals surface area contributed by atoms with Crippen LogP contribution in [0, 0.1) is 0 Å². The molecule has 3 nitrogen and oxygen atoms in total. The van der Waals surface area contributed by atoms with Gasteiger partial charge in [-0.25, -0.2) is 4.98 Å². The zero-order chi connectivity index (χ0) is 12.4. The molecule has 0 fully saturated rings. The van der Waals surface area contributed by atoms with Crippen LogP contribution in [0.15, 0.2) is 36.7 Å². The molecule has 3 rings (SSSR count). The van der Waals surface area contributed by atoms with Crippen LogP contribution >= 0.6 is 0 Å². The number of benzene rings is 1. The highest BCUT2D eigenvalue weighted by molar-refractivity contribution is 5.36. The average Bonchev–Trinajstić information content (AvgIpc) is 2.87. The fraction of sp³-hybridized carbons (Fsp3) is 0.400. The first-order chi connectivity index (χ1) is 8.90. The number of imidazole rings is 1. The SMILES string of the molecule is CCCn1ccnc1C1NCCc2ccccc21. The van der Waals surface area contributed by atoms with Crippen LogP contribution < -0.4 is 5.32 Å². The second kappa shape index (κ2) is 4.94. The third-order valence-electron chi connectivity index (χ3n) is 3.58. The number of aryl methyl sites for hydroxylation is 1. The van der Waals surface area contributed by atoms with E-state index < -0.39 is 0 Å². The Morgan fingerprint density at radius 3 is 3.17 bits per heavy atom. The van der Waals surface area contributed by atoms with E-state index in [9.17, 15) is 0 Å². The van der Waals surface area contributed by atoms with E-state index in [1.54, 1.807) is 0 Å². The van der Waals surface area contributed by atoms with Gasteiger partial charge in [0.1, 0.15) is 5.82 Å². The van der Waals surface area contributed by atoms with Crippen LogP contribution in [0.4, 0.5) is 0 Å². The number of nitrogens with one attached hydrogen (secondary N) is 1. The lowest BCUT2D eigenvalue weighted by Gasteiger charge is -2.27. The molecule has 1 aromatic heterocycles. The van der Waals surface area contributed by atoms with Gasteiger partial charge in [0.2, 0.25) is 0 Å². The van der Waals surface area contributed by atoms with Crippen molar-refractivity contribution in [1.29, 1.82) is 0 Å². The topological polar surface area (TPSA) is 29.9 Å². The molecular weight excluding hydrogens is 222 g/mol. The van der Waals surface area contributed by atoms with Crippen molar-refractivity contribution in [2.24, 2.45) is 0 Å². The summed E-state index contributed by atoms with van der Waals surface area (Å²) in [5.74, 6) is 1.14. The first-order valence-corrected chi connectivity index (χ1v) is 6.72. The van der Waals surface area contributed by atoms with Gasteiger partial charge < -0.3 is 9.88 Å². The number of fused-ring (bicyclic) bond motifs is 1. The minimum Gasteiger partial charge on any atom is -0.333 e. The van der Waals surface area contributed by atoms with Gasteiger partial charge in [0.15, 0.2) is 0 Å². The number of hydrogen-bond acceptors (Lipinski definition) is 2. The van der Waals surface area contributed by atoms with E-state index in [0.29, 0.717) is 0 Å². The third kappa shape index (κ3) is 1.95. The summed E-state index contributed by atoms with van der Waals surface area (Å²) in [6, 6.07) is 8.94. The Kier molecular flexibility index (Phi) is 3.15. The van der Waals surface area contributed by atoms with Gasteiger partial charge in [-0.1, -0.05) is 31.2 Å². The summed E-state index contributed by atoms with van der Waals surface area (Å²) < 4.78 is 2.26. The Hall–Kier alpha value is -1.61. The largest absolute Gasteiger partial charge is 0.333 e. The number of nitrogens with zero attached hydrogens (tertiary/aromatic N) is 2. The second-order valence-electron chi connectivity index (χ2n) is 4.81. The molecular formula is C15H19N3. The van der Waals surface area contributed by atoms with E-state index in [4.69, 9.17) is 0 Å². The summed E-state index contributed by atoms with van der Waals surface area (Å²) in [5.41, 5.74) is 2.83. The summed E-state index contributed by atoms with van der Waals surface area (Å²) in [7, 11) is 0. The monoisotopic (exact) mass is 241 g/mol. The molecule has 1 aliphatic heterocycles. The zero-order valence-corrected chi connectivity index (χ0v) is 10.8. The van der Waals surface area contributed by atoms with Crippen LogP contribution in [-0.4, -0.2) is 16.1 Å². The average molecular weight is 241 g/mol. The highest BCUT2D eigenvalue weighted by atomic mass is 15.1. The first kappa shape index (κ1) is 11.5. The Labute approximate surface area is 108 Å². The van der Waals surface area contributed by atoms with Gasteiger partial charge in [-0.3, -0.25) is 0 Å². The highest BCUT2D eigenvalue weighted by Gasteiger charge is 2.23. The molecule has 0 bridgehead atoms. The van der Waals surface area contributed by atoms with E-state index >= 15 is 0 Å². The molecule has 1 N–H and O–H groups in total. The predicted molar refractivity (Wildman–Crippen MR) is 72.5 cm³/mol. The Morgan fingerprint density at radius 1 is 1.39 bits per heavy atom. The molecule has 18 heavy (non-hydrogen) atoms. The summed E-state index contributed by atoms with van der Waals surface area (Å²) in [6.07, 6.45) is 6.24. The fourth-order valence-electron chi connectivity index (χ4n) is 2.75. The van der Waals surface area contributed by atoms with Gasteiger partial charge in [0.05, 0.1) is 6.04 Å². The van der Waals surface area contributed by atoms with Gasteiger partial charge >= 0.3 is 0 Å². The van der Waals surface area contributed by atoms with Crippen molar-refractivity contribution in [2.75, 3.05) is 6.54 Å². The summed E-state index contributed by atoms with van der Waals surface area (Å²) >= 11 is 0. The zero-order valence-electron chi connectivity index (χ0n) is 10.8. The third-order valence-corrected chi connectivity index (χ3v) is 3.58. The van der Waals surface area contributed by atoms with Crippen molar-refractivity contribution < 1.29 is 0 Å². The van der Waals surface area contributed by atoms with Crippen molar-refractivity contribution in [3.8, 4) is 0 Å². The Balaban J connectivity index is 2.00. The quantitative estimate of drug-likeness (QED) is 0.895. The fourth-order valence-corrected chi connectivity index (χ4v) is 2.75. The standard InChI is InChI=1S/C15H19N3/c1-2-10-18-11-9-17-15(18)14-13-6-4-3-5-12(13)7-8-16-14/h3-6,9,11,14,16H,2,7-8,10H2,1H3. The van der Waals surface area contributed by atoms with Crippen molar-refractivity contribution in [2.45, 2.75) is 32.4 Å². The molecule has 0 saturated carbocycles. The van der Waals surface area contributed by atoms with Crippen molar-refractivity contribution in [3.63, 3.8) is 0 Å². The van der Waals surface area contributed by atoms with Crippen LogP contribution in [0.2, 0.25) is 0 Å². The van der Waals surface area contributed by atoms with Gasteiger partial charge in [0.25, 0.3) is 0 Å². The minimum atomic E-state index is 0.247. The first-order valence-electron chi connectivity index (χ1n) is 6.72. The van der Waals surface area contributed by atoms with E-state index in [1.165, 1.54) is 11.1 Å². The van der Waals surface area contributed by atoms with Crippen LogP contribution in [-0.2, 0) is 13.0 Å². The van der Waals surface area contributed by atoms with E-state index in [1.807, 2.05) is 6.20 Å². The lowest BCUT2D eigenvalue weighted by Crippen LogP contribution is -2.32. The molecule has 3 heteroatoms. The van der Waals surface area contributed by atoms with Crippen LogP contribution in [0.3, 0.4) is 0 Å². The normalized spacial score (nSPS) is 18.6. The van der Waals surface area contributed by atoms with Crippen LogP contribution in [0.25, 0.3) is 0 Å². The molecule has 0 aliphatic carbocycles. The Morgan fingerprint density at radius 2 is 2.28 bits per heavy atom. The molecule has 0 saturated heterocycles. The van der Waals surface area contributed by atoms with Crippen molar-refractivity contribution >= 4 is 0 Å². The minimum absolute atomic E-state index is 0.247. The highest BCUT2D eigenvalue weighted by Crippen LogP contribution is 2.27. The maximum Gasteiger partial charge on any atom is 0.130 e. The van der Waals surface area contributed by atoms with Gasteiger partial charge in [0, 0.05) is 25.5 Å². The maximum absolute atomic E-state index is 4.56. The molecule has 0 radical (unpaired) electrons.